The topological polar surface area (TPSA) is 83.9 Å². The van der Waals surface area contributed by atoms with Crippen LogP contribution in [0.25, 0.3) is 10.9 Å². The Kier molecular flexibility index (Phi) is 6.07. The molecule has 0 radical (unpaired) electrons. The second kappa shape index (κ2) is 9.17. The van der Waals surface area contributed by atoms with Crippen LogP contribution in [0.3, 0.4) is 0 Å². The second-order valence-electron chi connectivity index (χ2n) is 11.1. The molecule has 2 aliphatic heterocycles. The van der Waals surface area contributed by atoms with Crippen LogP contribution in [0.4, 0.5) is 0 Å². The van der Waals surface area contributed by atoms with Crippen molar-refractivity contribution >= 4 is 40.2 Å². The number of halogens is 1. The van der Waals surface area contributed by atoms with Crippen LogP contribution in [0.5, 0.6) is 0 Å². The van der Waals surface area contributed by atoms with E-state index in [1.165, 1.54) is 6.08 Å². The number of hydrogen-bond acceptors (Lipinski definition) is 4. The molecule has 3 heterocycles. The maximum atomic E-state index is 14.1. The minimum Gasteiger partial charge on any atom is -0.371 e. The van der Waals surface area contributed by atoms with E-state index in [1.54, 1.807) is 4.90 Å². The Labute approximate surface area is 221 Å². The fraction of sp³-hybridized carbons (Fsp3) is 0.536. The molecule has 1 aromatic carbocycles. The van der Waals surface area contributed by atoms with Gasteiger partial charge in [-0.15, -0.1) is 0 Å². The van der Waals surface area contributed by atoms with Gasteiger partial charge < -0.3 is 24.4 Å². The van der Waals surface area contributed by atoms with Crippen LogP contribution < -0.4 is 5.32 Å². The number of fused-ring (bicyclic) bond motifs is 1. The Bertz CT molecular complexity index is 1300. The van der Waals surface area contributed by atoms with Gasteiger partial charge in [0.15, 0.2) is 0 Å². The third kappa shape index (κ3) is 4.34. The molecule has 2 aromatic rings. The summed E-state index contributed by atoms with van der Waals surface area (Å²) in [5.74, 6) is 0.0170. The molecular formula is C28H33ClN4O4. The van der Waals surface area contributed by atoms with Gasteiger partial charge in [-0.3, -0.25) is 14.4 Å². The first-order valence-electron chi connectivity index (χ1n) is 13.2. The lowest BCUT2D eigenvalue weighted by atomic mass is 9.78. The molecule has 196 valence electrons. The Balaban J connectivity index is 1.33. The van der Waals surface area contributed by atoms with Gasteiger partial charge in [-0.05, 0) is 62.8 Å². The summed E-state index contributed by atoms with van der Waals surface area (Å²) in [6, 6.07) is 3.69. The average molecular weight is 525 g/mol. The van der Waals surface area contributed by atoms with E-state index in [0.717, 1.165) is 54.3 Å². The number of aromatic nitrogens is 1. The van der Waals surface area contributed by atoms with Crippen LogP contribution in [-0.4, -0.2) is 76.5 Å². The summed E-state index contributed by atoms with van der Waals surface area (Å²) >= 11 is 6.50. The lowest BCUT2D eigenvalue weighted by Crippen LogP contribution is -2.61. The third-order valence-corrected chi connectivity index (χ3v) is 8.58. The Hall–Kier alpha value is -2.84. The number of nitrogens with one attached hydrogen (secondary N) is 1. The summed E-state index contributed by atoms with van der Waals surface area (Å²) in [5.41, 5.74) is 3.29. The van der Waals surface area contributed by atoms with Gasteiger partial charge in [0.25, 0.3) is 5.91 Å². The van der Waals surface area contributed by atoms with Crippen molar-refractivity contribution in [3.8, 4) is 0 Å². The molecule has 2 saturated heterocycles. The molecule has 1 aromatic heterocycles. The number of rotatable bonds is 6. The van der Waals surface area contributed by atoms with Gasteiger partial charge in [0.2, 0.25) is 11.8 Å². The fourth-order valence-corrected chi connectivity index (χ4v) is 6.47. The molecule has 4 aliphatic rings. The van der Waals surface area contributed by atoms with E-state index >= 15 is 0 Å². The lowest BCUT2D eigenvalue weighted by Gasteiger charge is -2.48. The molecule has 2 aliphatic carbocycles. The van der Waals surface area contributed by atoms with E-state index in [1.807, 2.05) is 28.5 Å². The highest BCUT2D eigenvalue weighted by Gasteiger charge is 2.45. The van der Waals surface area contributed by atoms with E-state index in [4.69, 9.17) is 16.3 Å². The number of aryl methyl sites for hydroxylation is 1. The first-order valence-corrected chi connectivity index (χ1v) is 13.6. The zero-order chi connectivity index (χ0) is 25.9. The lowest BCUT2D eigenvalue weighted by molar-refractivity contribution is -0.142. The first-order chi connectivity index (χ1) is 17.8. The van der Waals surface area contributed by atoms with Crippen molar-refractivity contribution in [2.24, 2.45) is 0 Å². The third-order valence-electron chi connectivity index (χ3n) is 8.36. The van der Waals surface area contributed by atoms with Gasteiger partial charge >= 0.3 is 0 Å². The van der Waals surface area contributed by atoms with Crippen molar-refractivity contribution in [1.29, 1.82) is 0 Å². The van der Waals surface area contributed by atoms with Gasteiger partial charge in [-0.2, -0.15) is 0 Å². The van der Waals surface area contributed by atoms with Gasteiger partial charge in [0, 0.05) is 41.7 Å². The van der Waals surface area contributed by atoms with E-state index in [2.05, 4.69) is 11.9 Å². The SMILES string of the molecule is C=CC(=O)N1CC(NC(=O)Cn2c(C3CC3)c(C(=O)N3CCOC4(CCC4)C3)c3cc(Cl)cc(C)c32)C1. The molecule has 2 saturated carbocycles. The van der Waals surface area contributed by atoms with Crippen LogP contribution in [0.15, 0.2) is 24.8 Å². The van der Waals surface area contributed by atoms with E-state index in [0.29, 0.717) is 43.4 Å². The van der Waals surface area contributed by atoms with Crippen LogP contribution in [0.2, 0.25) is 5.02 Å². The number of benzene rings is 1. The summed E-state index contributed by atoms with van der Waals surface area (Å²) in [5, 5.41) is 4.47. The fourth-order valence-electron chi connectivity index (χ4n) is 6.19. The molecule has 1 spiro atoms. The number of carbonyl (C=O) groups excluding carboxylic acids is 3. The molecule has 8 nitrogen and oxygen atoms in total. The molecule has 9 heteroatoms. The average Bonchev–Trinajstić information content (AvgIpc) is 3.62. The number of carbonyl (C=O) groups is 3. The minimum atomic E-state index is -0.191. The maximum Gasteiger partial charge on any atom is 0.256 e. The highest BCUT2D eigenvalue weighted by Crippen LogP contribution is 2.47. The Morgan fingerprint density at radius 3 is 2.62 bits per heavy atom. The Morgan fingerprint density at radius 1 is 1.22 bits per heavy atom. The standard InChI is InChI=1S/C28H33ClN4O4/c1-3-23(35)32-13-20(14-32)30-22(34)15-33-25-17(2)11-19(29)12-21(25)24(26(33)18-5-6-18)27(36)31-9-10-37-28(16-31)7-4-8-28/h3,11-12,18,20H,1,4-10,13-16H2,2H3,(H,30,34). The normalized spacial score (nSPS) is 21.0. The maximum absolute atomic E-state index is 14.1. The first kappa shape index (κ1) is 24.5. The number of amides is 3. The number of ether oxygens (including phenoxy) is 1. The smallest absolute Gasteiger partial charge is 0.256 e. The van der Waals surface area contributed by atoms with Crippen LogP contribution in [0, 0.1) is 6.92 Å². The molecular weight excluding hydrogens is 492 g/mol. The predicted octanol–water partition coefficient (Wildman–Crippen LogP) is 3.39. The van der Waals surface area contributed by atoms with Crippen molar-refractivity contribution in [1.82, 2.24) is 19.7 Å². The quantitative estimate of drug-likeness (QED) is 0.587. The molecule has 37 heavy (non-hydrogen) atoms. The van der Waals surface area contributed by atoms with Gasteiger partial charge in [-0.1, -0.05) is 18.2 Å². The number of morpholine rings is 1. The summed E-state index contributed by atoms with van der Waals surface area (Å²) in [7, 11) is 0. The number of nitrogens with zero attached hydrogens (tertiary/aromatic N) is 3. The van der Waals surface area contributed by atoms with Crippen molar-refractivity contribution in [2.45, 2.75) is 63.1 Å². The minimum absolute atomic E-state index is 0.0138. The van der Waals surface area contributed by atoms with E-state index in [9.17, 15) is 14.4 Å². The molecule has 6 rings (SSSR count). The van der Waals surface area contributed by atoms with Gasteiger partial charge in [0.1, 0.15) is 6.54 Å². The zero-order valence-corrected chi connectivity index (χ0v) is 22.0. The van der Waals surface area contributed by atoms with Crippen LogP contribution in [-0.2, 0) is 20.9 Å². The Morgan fingerprint density at radius 2 is 1.97 bits per heavy atom. The molecule has 1 N–H and O–H groups in total. The van der Waals surface area contributed by atoms with E-state index < -0.39 is 0 Å². The van der Waals surface area contributed by atoms with Crippen molar-refractivity contribution < 1.29 is 19.1 Å². The largest absolute Gasteiger partial charge is 0.371 e. The summed E-state index contributed by atoms with van der Waals surface area (Å²) in [6.07, 6.45) is 6.42. The summed E-state index contributed by atoms with van der Waals surface area (Å²) < 4.78 is 8.12. The highest BCUT2D eigenvalue weighted by molar-refractivity contribution is 6.31. The molecule has 0 bridgehead atoms. The predicted molar refractivity (Wildman–Crippen MR) is 141 cm³/mol. The zero-order valence-electron chi connectivity index (χ0n) is 21.2. The van der Waals surface area contributed by atoms with Crippen molar-refractivity contribution in [2.75, 3.05) is 32.8 Å². The van der Waals surface area contributed by atoms with Crippen LogP contribution >= 0.6 is 11.6 Å². The monoisotopic (exact) mass is 524 g/mol. The van der Waals surface area contributed by atoms with Gasteiger partial charge in [0.05, 0.1) is 35.9 Å². The molecule has 0 atom stereocenters. The van der Waals surface area contributed by atoms with Gasteiger partial charge in [-0.25, -0.2) is 0 Å². The molecule has 3 amide bonds. The second-order valence-corrected chi connectivity index (χ2v) is 11.5. The summed E-state index contributed by atoms with van der Waals surface area (Å²) in [4.78, 5) is 42.7. The number of hydrogen-bond donors (Lipinski definition) is 1. The van der Waals surface area contributed by atoms with Crippen LogP contribution in [0.1, 0.15) is 59.6 Å². The summed E-state index contributed by atoms with van der Waals surface area (Å²) in [6.45, 7) is 8.32. The van der Waals surface area contributed by atoms with E-state index in [-0.39, 0.29) is 41.8 Å². The highest BCUT2D eigenvalue weighted by atomic mass is 35.5. The number of likely N-dealkylation sites (tertiary alicyclic amines) is 1. The van der Waals surface area contributed by atoms with Crippen molar-refractivity contribution in [3.63, 3.8) is 0 Å². The molecule has 4 fully saturated rings. The van der Waals surface area contributed by atoms with Crippen molar-refractivity contribution in [3.05, 3.63) is 46.6 Å². The molecule has 0 unspecified atom stereocenters.